The Morgan fingerprint density at radius 3 is 3.31 bits per heavy atom. The molecule has 3 N–H and O–H groups in total. The summed E-state index contributed by atoms with van der Waals surface area (Å²) < 4.78 is 5.22. The van der Waals surface area contributed by atoms with Crippen LogP contribution in [0.15, 0.2) is 10.7 Å². The second-order valence-electron chi connectivity index (χ2n) is 2.92. The fourth-order valence-corrected chi connectivity index (χ4v) is 1.33. The average Bonchev–Trinajstić information content (AvgIpc) is 2.48. The number of rotatable bonds is 1. The summed E-state index contributed by atoms with van der Waals surface area (Å²) in [5, 5.41) is 8.85. The van der Waals surface area contributed by atoms with Gasteiger partial charge in [0, 0.05) is 13.5 Å². The Hall–Kier alpha value is -1.49. The third-order valence-corrected chi connectivity index (χ3v) is 1.88. The third-order valence-electron chi connectivity index (χ3n) is 1.88. The van der Waals surface area contributed by atoms with E-state index in [2.05, 4.69) is 16.0 Å². The summed E-state index contributed by atoms with van der Waals surface area (Å²) in [6.07, 6.45) is 1.55. The van der Waals surface area contributed by atoms with E-state index in [1.165, 1.54) is 6.92 Å². The zero-order valence-corrected chi connectivity index (χ0v) is 7.31. The van der Waals surface area contributed by atoms with Crippen LogP contribution >= 0.6 is 0 Å². The van der Waals surface area contributed by atoms with Gasteiger partial charge in [0.15, 0.2) is 5.88 Å². The summed E-state index contributed by atoms with van der Waals surface area (Å²) >= 11 is 0. The number of hydrogen-bond acceptors (Lipinski definition) is 4. The molecular formula is C8H11N3O2. The fourth-order valence-electron chi connectivity index (χ4n) is 1.33. The number of carbonyl (C=O) groups is 1. The number of amides is 1. The SMILES string of the molecule is CC(=O)Nc1coc2c1CNCN2. The summed E-state index contributed by atoms with van der Waals surface area (Å²) in [5.41, 5.74) is 1.71. The second kappa shape index (κ2) is 3.10. The molecule has 5 heteroatoms. The highest BCUT2D eigenvalue weighted by Gasteiger charge is 2.16. The van der Waals surface area contributed by atoms with Crippen molar-refractivity contribution in [2.24, 2.45) is 0 Å². The number of fused-ring (bicyclic) bond motifs is 1. The average molecular weight is 181 g/mol. The van der Waals surface area contributed by atoms with E-state index in [9.17, 15) is 4.79 Å². The lowest BCUT2D eigenvalue weighted by atomic mass is 10.2. The van der Waals surface area contributed by atoms with Crippen molar-refractivity contribution in [1.29, 1.82) is 0 Å². The summed E-state index contributed by atoms with van der Waals surface area (Å²) in [6, 6.07) is 0. The molecule has 70 valence electrons. The van der Waals surface area contributed by atoms with E-state index in [1.54, 1.807) is 6.26 Å². The molecule has 0 fully saturated rings. The molecule has 5 nitrogen and oxygen atoms in total. The molecule has 2 rings (SSSR count). The molecule has 0 saturated heterocycles. The Morgan fingerprint density at radius 2 is 2.54 bits per heavy atom. The van der Waals surface area contributed by atoms with Crippen molar-refractivity contribution in [3.63, 3.8) is 0 Å². The number of anilines is 2. The quantitative estimate of drug-likeness (QED) is 0.597. The van der Waals surface area contributed by atoms with Gasteiger partial charge >= 0.3 is 0 Å². The van der Waals surface area contributed by atoms with Crippen molar-refractivity contribution < 1.29 is 9.21 Å². The summed E-state index contributed by atoms with van der Waals surface area (Å²) in [5.74, 6) is 0.650. The van der Waals surface area contributed by atoms with Crippen molar-refractivity contribution in [1.82, 2.24) is 5.32 Å². The van der Waals surface area contributed by atoms with E-state index in [1.807, 2.05) is 0 Å². The van der Waals surface area contributed by atoms with Crippen LogP contribution in [0.5, 0.6) is 0 Å². The maximum Gasteiger partial charge on any atom is 0.221 e. The molecule has 0 saturated carbocycles. The van der Waals surface area contributed by atoms with Gasteiger partial charge in [-0.1, -0.05) is 0 Å². The predicted molar refractivity (Wildman–Crippen MR) is 48.3 cm³/mol. The molecular weight excluding hydrogens is 170 g/mol. The zero-order valence-electron chi connectivity index (χ0n) is 7.31. The number of carbonyl (C=O) groups excluding carboxylic acids is 1. The van der Waals surface area contributed by atoms with Gasteiger partial charge in [0.05, 0.1) is 17.9 Å². The van der Waals surface area contributed by atoms with Gasteiger partial charge in [-0.25, -0.2) is 0 Å². The second-order valence-corrected chi connectivity index (χ2v) is 2.92. The van der Waals surface area contributed by atoms with Crippen LogP contribution in [-0.4, -0.2) is 12.6 Å². The zero-order chi connectivity index (χ0) is 9.26. The van der Waals surface area contributed by atoms with Crippen LogP contribution in [0.25, 0.3) is 0 Å². The van der Waals surface area contributed by atoms with Crippen molar-refractivity contribution >= 4 is 17.5 Å². The van der Waals surface area contributed by atoms with Gasteiger partial charge in [-0.3, -0.25) is 10.1 Å². The van der Waals surface area contributed by atoms with E-state index in [0.717, 1.165) is 17.1 Å². The van der Waals surface area contributed by atoms with Gasteiger partial charge in [-0.05, 0) is 0 Å². The molecule has 2 heterocycles. The molecule has 1 aromatic rings. The predicted octanol–water partition coefficient (Wildman–Crippen LogP) is 0.711. The minimum atomic E-state index is -0.0887. The normalized spacial score (nSPS) is 14.5. The maximum atomic E-state index is 10.8. The standard InChI is InChI=1S/C8H11N3O2/c1-5(12)11-7-3-13-8-6(7)2-9-4-10-8/h3,9-10H,2,4H2,1H3,(H,11,12). The van der Waals surface area contributed by atoms with E-state index < -0.39 is 0 Å². The first kappa shape index (κ1) is 8.12. The van der Waals surface area contributed by atoms with Crippen LogP contribution in [0.3, 0.4) is 0 Å². The Bertz CT molecular complexity index is 332. The van der Waals surface area contributed by atoms with Crippen molar-refractivity contribution in [3.05, 3.63) is 11.8 Å². The van der Waals surface area contributed by atoms with Gasteiger partial charge in [-0.2, -0.15) is 0 Å². The molecule has 1 aliphatic rings. The first-order valence-electron chi connectivity index (χ1n) is 4.10. The third kappa shape index (κ3) is 1.50. The van der Waals surface area contributed by atoms with E-state index >= 15 is 0 Å². The van der Waals surface area contributed by atoms with Crippen LogP contribution in [0.2, 0.25) is 0 Å². The smallest absolute Gasteiger partial charge is 0.221 e. The van der Waals surface area contributed by atoms with Gasteiger partial charge in [0.25, 0.3) is 0 Å². The highest BCUT2D eigenvalue weighted by Crippen LogP contribution is 2.28. The van der Waals surface area contributed by atoms with Crippen LogP contribution < -0.4 is 16.0 Å². The topological polar surface area (TPSA) is 66.3 Å². The molecule has 0 spiro atoms. The van der Waals surface area contributed by atoms with E-state index in [4.69, 9.17) is 4.42 Å². The monoisotopic (exact) mass is 181 g/mol. The van der Waals surface area contributed by atoms with Crippen molar-refractivity contribution in [2.75, 3.05) is 17.3 Å². The van der Waals surface area contributed by atoms with Gasteiger partial charge in [0.1, 0.15) is 6.26 Å². The van der Waals surface area contributed by atoms with Gasteiger partial charge < -0.3 is 15.1 Å². The van der Waals surface area contributed by atoms with Crippen molar-refractivity contribution in [2.45, 2.75) is 13.5 Å². The Morgan fingerprint density at radius 1 is 1.69 bits per heavy atom. The number of hydrogen-bond donors (Lipinski definition) is 3. The lowest BCUT2D eigenvalue weighted by Crippen LogP contribution is -2.27. The van der Waals surface area contributed by atoms with Crippen LogP contribution in [-0.2, 0) is 11.3 Å². The summed E-state index contributed by atoms with van der Waals surface area (Å²) in [4.78, 5) is 10.8. The Balaban J connectivity index is 2.26. The van der Waals surface area contributed by atoms with E-state index in [-0.39, 0.29) is 5.91 Å². The summed E-state index contributed by atoms with van der Waals surface area (Å²) in [7, 11) is 0. The van der Waals surface area contributed by atoms with Crippen LogP contribution in [0.1, 0.15) is 12.5 Å². The van der Waals surface area contributed by atoms with Crippen molar-refractivity contribution in [3.8, 4) is 0 Å². The number of nitrogens with one attached hydrogen (secondary N) is 3. The molecule has 13 heavy (non-hydrogen) atoms. The molecule has 0 unspecified atom stereocenters. The summed E-state index contributed by atoms with van der Waals surface area (Å²) in [6.45, 7) is 2.89. The fraction of sp³-hybridized carbons (Fsp3) is 0.375. The Labute approximate surface area is 75.5 Å². The first-order valence-corrected chi connectivity index (χ1v) is 4.10. The first-order chi connectivity index (χ1) is 6.27. The largest absolute Gasteiger partial charge is 0.446 e. The number of furan rings is 1. The minimum absolute atomic E-state index is 0.0887. The Kier molecular flexibility index (Phi) is 1.94. The molecule has 0 atom stereocenters. The molecule has 0 radical (unpaired) electrons. The molecule has 0 bridgehead atoms. The molecule has 1 aromatic heterocycles. The molecule has 1 amide bonds. The lowest BCUT2D eigenvalue weighted by molar-refractivity contribution is -0.114. The lowest BCUT2D eigenvalue weighted by Gasteiger charge is -2.14. The molecule has 1 aliphatic heterocycles. The van der Waals surface area contributed by atoms with Gasteiger partial charge in [-0.15, -0.1) is 0 Å². The highest BCUT2D eigenvalue weighted by atomic mass is 16.3. The van der Waals surface area contributed by atoms with Crippen LogP contribution in [0, 0.1) is 0 Å². The minimum Gasteiger partial charge on any atom is -0.446 e. The van der Waals surface area contributed by atoms with Gasteiger partial charge in [0.2, 0.25) is 5.91 Å². The van der Waals surface area contributed by atoms with E-state index in [0.29, 0.717) is 13.2 Å². The highest BCUT2D eigenvalue weighted by molar-refractivity contribution is 5.90. The molecule has 0 aliphatic carbocycles. The maximum absolute atomic E-state index is 10.8. The van der Waals surface area contributed by atoms with Crippen LogP contribution in [0.4, 0.5) is 11.6 Å². The molecule has 0 aromatic carbocycles.